The van der Waals surface area contributed by atoms with Gasteiger partial charge in [-0.25, -0.2) is 0 Å². The SMILES string of the molecule is CCOC(C)(C)c1noc([C@@H](N)c2ccccc2)n1. The van der Waals surface area contributed by atoms with Crippen molar-refractivity contribution >= 4 is 0 Å². The first-order valence-electron chi connectivity index (χ1n) is 6.33. The molecule has 2 aromatic rings. The summed E-state index contributed by atoms with van der Waals surface area (Å²) in [5.74, 6) is 0.907. The van der Waals surface area contributed by atoms with Gasteiger partial charge in [0.1, 0.15) is 11.6 Å². The van der Waals surface area contributed by atoms with E-state index in [9.17, 15) is 0 Å². The smallest absolute Gasteiger partial charge is 0.248 e. The van der Waals surface area contributed by atoms with Gasteiger partial charge in [-0.2, -0.15) is 4.98 Å². The Bertz CT molecular complexity index is 522. The highest BCUT2D eigenvalue weighted by atomic mass is 16.5. The van der Waals surface area contributed by atoms with E-state index in [4.69, 9.17) is 15.0 Å². The topological polar surface area (TPSA) is 74.2 Å². The third-order valence-electron chi connectivity index (χ3n) is 2.91. The fraction of sp³-hybridized carbons (Fsp3) is 0.429. The molecule has 0 spiro atoms. The lowest BCUT2D eigenvalue weighted by Gasteiger charge is -2.19. The Morgan fingerprint density at radius 2 is 2.00 bits per heavy atom. The number of benzene rings is 1. The first kappa shape index (κ1) is 13.7. The molecule has 0 amide bonds. The predicted molar refractivity (Wildman–Crippen MR) is 71.4 cm³/mol. The van der Waals surface area contributed by atoms with Crippen LogP contribution in [0, 0.1) is 0 Å². The molecule has 0 aliphatic heterocycles. The molecule has 2 rings (SSSR count). The molecular formula is C14H19N3O2. The summed E-state index contributed by atoms with van der Waals surface area (Å²) in [7, 11) is 0. The summed E-state index contributed by atoms with van der Waals surface area (Å²) in [6, 6.07) is 9.24. The quantitative estimate of drug-likeness (QED) is 0.894. The Balaban J connectivity index is 2.22. The molecule has 5 heteroatoms. The molecule has 0 unspecified atom stereocenters. The van der Waals surface area contributed by atoms with Crippen LogP contribution < -0.4 is 5.73 Å². The molecule has 19 heavy (non-hydrogen) atoms. The van der Waals surface area contributed by atoms with Crippen molar-refractivity contribution in [3.05, 3.63) is 47.6 Å². The lowest BCUT2D eigenvalue weighted by molar-refractivity contribution is -0.0221. The number of nitrogens with zero attached hydrogens (tertiary/aromatic N) is 2. The maximum Gasteiger partial charge on any atom is 0.248 e. The van der Waals surface area contributed by atoms with Crippen LogP contribution in [0.1, 0.15) is 44.1 Å². The number of hydrogen-bond donors (Lipinski definition) is 1. The summed E-state index contributed by atoms with van der Waals surface area (Å²) in [4.78, 5) is 4.35. The molecule has 0 saturated carbocycles. The standard InChI is InChI=1S/C14H19N3O2/c1-4-18-14(2,3)13-16-12(19-17-13)11(15)10-8-6-5-7-9-10/h5-9,11H,4,15H2,1-3H3/t11-/m0/s1. The minimum Gasteiger partial charge on any atom is -0.368 e. The maximum absolute atomic E-state index is 6.11. The summed E-state index contributed by atoms with van der Waals surface area (Å²) in [6.07, 6.45) is 0. The summed E-state index contributed by atoms with van der Waals surface area (Å²) >= 11 is 0. The van der Waals surface area contributed by atoms with Crippen LogP contribution in [0.3, 0.4) is 0 Å². The van der Waals surface area contributed by atoms with Crippen molar-refractivity contribution in [3.8, 4) is 0 Å². The van der Waals surface area contributed by atoms with Crippen molar-refractivity contribution in [3.63, 3.8) is 0 Å². The molecule has 2 N–H and O–H groups in total. The van der Waals surface area contributed by atoms with Crippen LogP contribution in [-0.4, -0.2) is 16.7 Å². The van der Waals surface area contributed by atoms with Gasteiger partial charge in [0.25, 0.3) is 0 Å². The first-order chi connectivity index (χ1) is 9.04. The van der Waals surface area contributed by atoms with E-state index in [-0.39, 0.29) is 0 Å². The van der Waals surface area contributed by atoms with E-state index in [1.807, 2.05) is 51.1 Å². The van der Waals surface area contributed by atoms with E-state index in [2.05, 4.69) is 10.1 Å². The summed E-state index contributed by atoms with van der Waals surface area (Å²) in [5.41, 5.74) is 6.47. The minimum absolute atomic E-state index is 0.397. The molecule has 1 aromatic carbocycles. The van der Waals surface area contributed by atoms with Crippen molar-refractivity contribution in [1.82, 2.24) is 10.1 Å². The summed E-state index contributed by atoms with van der Waals surface area (Å²) in [6.45, 7) is 6.32. The van der Waals surface area contributed by atoms with Crippen molar-refractivity contribution in [2.24, 2.45) is 5.73 Å². The summed E-state index contributed by atoms with van der Waals surface area (Å²) in [5, 5.41) is 3.96. The molecule has 0 radical (unpaired) electrons. The molecule has 102 valence electrons. The van der Waals surface area contributed by atoms with E-state index in [1.54, 1.807) is 0 Å². The van der Waals surface area contributed by atoms with E-state index < -0.39 is 11.6 Å². The van der Waals surface area contributed by atoms with Crippen LogP contribution in [0.25, 0.3) is 0 Å². The molecule has 1 atom stereocenters. The van der Waals surface area contributed by atoms with Crippen molar-refractivity contribution in [1.29, 1.82) is 0 Å². The fourth-order valence-corrected chi connectivity index (χ4v) is 1.83. The molecule has 0 saturated heterocycles. The van der Waals surface area contributed by atoms with Gasteiger partial charge in [-0.3, -0.25) is 0 Å². The highest BCUT2D eigenvalue weighted by molar-refractivity contribution is 5.23. The lowest BCUT2D eigenvalue weighted by atomic mass is 10.1. The zero-order valence-corrected chi connectivity index (χ0v) is 11.5. The average Bonchev–Trinajstić information content (AvgIpc) is 2.89. The van der Waals surface area contributed by atoms with Crippen LogP contribution in [0.4, 0.5) is 0 Å². The first-order valence-corrected chi connectivity index (χ1v) is 6.33. The third-order valence-corrected chi connectivity index (χ3v) is 2.91. The van der Waals surface area contributed by atoms with Crippen LogP contribution in [0.2, 0.25) is 0 Å². The van der Waals surface area contributed by atoms with Gasteiger partial charge < -0.3 is 15.0 Å². The Labute approximate surface area is 112 Å². The van der Waals surface area contributed by atoms with E-state index in [1.165, 1.54) is 0 Å². The second kappa shape index (κ2) is 5.50. The highest BCUT2D eigenvalue weighted by Crippen LogP contribution is 2.24. The zero-order chi connectivity index (χ0) is 13.9. The van der Waals surface area contributed by atoms with Crippen molar-refractivity contribution in [2.75, 3.05) is 6.61 Å². The molecule has 0 bridgehead atoms. The molecule has 0 aliphatic carbocycles. The third kappa shape index (κ3) is 3.00. The fourth-order valence-electron chi connectivity index (χ4n) is 1.83. The van der Waals surface area contributed by atoms with E-state index in [0.717, 1.165) is 5.56 Å². The van der Waals surface area contributed by atoms with Gasteiger partial charge >= 0.3 is 0 Å². The molecule has 1 heterocycles. The van der Waals surface area contributed by atoms with Crippen LogP contribution in [0.15, 0.2) is 34.9 Å². The average molecular weight is 261 g/mol. The van der Waals surface area contributed by atoms with E-state index >= 15 is 0 Å². The van der Waals surface area contributed by atoms with E-state index in [0.29, 0.717) is 18.3 Å². The van der Waals surface area contributed by atoms with Gasteiger partial charge in [-0.1, -0.05) is 35.5 Å². The molecule has 0 aliphatic rings. The van der Waals surface area contributed by atoms with Crippen LogP contribution in [0.5, 0.6) is 0 Å². The number of rotatable bonds is 5. The Hall–Kier alpha value is -1.72. The number of aromatic nitrogens is 2. The van der Waals surface area contributed by atoms with Gasteiger partial charge in [-0.05, 0) is 26.3 Å². The predicted octanol–water partition coefficient (Wildman–Crippen LogP) is 2.39. The highest BCUT2D eigenvalue weighted by Gasteiger charge is 2.28. The molecular weight excluding hydrogens is 242 g/mol. The largest absolute Gasteiger partial charge is 0.368 e. The molecule has 5 nitrogen and oxygen atoms in total. The van der Waals surface area contributed by atoms with Gasteiger partial charge in [0.2, 0.25) is 11.7 Å². The summed E-state index contributed by atoms with van der Waals surface area (Å²) < 4.78 is 10.8. The number of hydrogen-bond acceptors (Lipinski definition) is 5. The minimum atomic E-state index is -0.576. The van der Waals surface area contributed by atoms with Gasteiger partial charge in [0, 0.05) is 6.61 Å². The molecule has 1 aromatic heterocycles. The van der Waals surface area contributed by atoms with Gasteiger partial charge in [-0.15, -0.1) is 0 Å². The number of nitrogens with two attached hydrogens (primary N) is 1. The van der Waals surface area contributed by atoms with Crippen LogP contribution in [-0.2, 0) is 10.3 Å². The van der Waals surface area contributed by atoms with Crippen molar-refractivity contribution in [2.45, 2.75) is 32.4 Å². The Morgan fingerprint density at radius 1 is 1.32 bits per heavy atom. The van der Waals surface area contributed by atoms with Gasteiger partial charge in [0.15, 0.2) is 0 Å². The van der Waals surface area contributed by atoms with Crippen molar-refractivity contribution < 1.29 is 9.26 Å². The monoisotopic (exact) mass is 261 g/mol. The normalized spacial score (nSPS) is 13.5. The Morgan fingerprint density at radius 3 is 2.63 bits per heavy atom. The van der Waals surface area contributed by atoms with Gasteiger partial charge in [0.05, 0.1) is 0 Å². The number of ether oxygens (including phenoxy) is 1. The lowest BCUT2D eigenvalue weighted by Crippen LogP contribution is -2.23. The molecule has 0 fully saturated rings. The second-order valence-electron chi connectivity index (χ2n) is 4.79. The zero-order valence-electron chi connectivity index (χ0n) is 11.5. The Kier molecular flexibility index (Phi) is 3.97. The van der Waals surface area contributed by atoms with Crippen LogP contribution >= 0.6 is 0 Å². The second-order valence-corrected chi connectivity index (χ2v) is 4.79. The maximum atomic E-state index is 6.11.